The minimum Gasteiger partial charge on any atom is -0.394 e. The molecule has 0 aliphatic carbocycles. The molecule has 98 valence electrons. The van der Waals surface area contributed by atoms with Crippen LogP contribution in [0.4, 0.5) is 5.69 Å². The lowest BCUT2D eigenvalue weighted by Gasteiger charge is -2.34. The lowest BCUT2D eigenvalue weighted by atomic mass is 10.1. The monoisotopic (exact) mass is 266 g/mol. The molecule has 4 nitrogen and oxygen atoms in total. The molecule has 1 fully saturated rings. The van der Waals surface area contributed by atoms with Crippen LogP contribution in [0, 0.1) is 6.92 Å². The predicted molar refractivity (Wildman–Crippen MR) is 76.1 cm³/mol. The first-order chi connectivity index (χ1) is 8.61. The number of hydrogen-bond donors (Lipinski definition) is 2. The molecule has 3 N–H and O–H groups in total. The molecule has 5 heteroatoms. The van der Waals surface area contributed by atoms with Crippen LogP contribution in [0.5, 0.6) is 0 Å². The predicted octanol–water partition coefficient (Wildman–Crippen LogP) is 0.827. The molecule has 1 atom stereocenters. The Hall–Kier alpha value is -1.17. The fraction of sp³-hybridized carbons (Fsp3) is 0.462. The fourth-order valence-corrected chi connectivity index (χ4v) is 2.41. The highest BCUT2D eigenvalue weighted by Crippen LogP contribution is 2.21. The quantitative estimate of drug-likeness (QED) is 0.794. The van der Waals surface area contributed by atoms with Crippen molar-refractivity contribution in [2.75, 3.05) is 31.2 Å². The van der Waals surface area contributed by atoms with Gasteiger partial charge in [0.15, 0.2) is 0 Å². The van der Waals surface area contributed by atoms with Gasteiger partial charge in [0, 0.05) is 24.3 Å². The van der Waals surface area contributed by atoms with E-state index < -0.39 is 0 Å². The van der Waals surface area contributed by atoms with Crippen molar-refractivity contribution in [3.8, 4) is 0 Å². The number of benzene rings is 1. The van der Waals surface area contributed by atoms with E-state index in [1.807, 2.05) is 19.1 Å². The Balaban J connectivity index is 2.18. The normalized spacial score (nSPS) is 19.9. The summed E-state index contributed by atoms with van der Waals surface area (Å²) in [5.74, 6) is 0. The number of nitrogens with two attached hydrogens (primary N) is 1. The molecule has 0 radical (unpaired) electrons. The molecular formula is C13H18N2O2S. The van der Waals surface area contributed by atoms with Gasteiger partial charge in [0.2, 0.25) is 0 Å². The van der Waals surface area contributed by atoms with Crippen molar-refractivity contribution >= 4 is 22.9 Å². The summed E-state index contributed by atoms with van der Waals surface area (Å²) in [6.07, 6.45) is -0.102. The molecule has 1 aliphatic rings. The molecule has 0 spiro atoms. The van der Waals surface area contributed by atoms with Gasteiger partial charge >= 0.3 is 0 Å². The van der Waals surface area contributed by atoms with Crippen LogP contribution in [-0.4, -0.2) is 42.5 Å². The maximum atomic E-state index is 9.14. The second kappa shape index (κ2) is 5.65. The van der Waals surface area contributed by atoms with Crippen molar-refractivity contribution in [3.63, 3.8) is 0 Å². The van der Waals surface area contributed by atoms with E-state index in [-0.39, 0.29) is 12.7 Å². The third-order valence-electron chi connectivity index (χ3n) is 3.18. The summed E-state index contributed by atoms with van der Waals surface area (Å²) in [5, 5.41) is 9.14. The highest BCUT2D eigenvalue weighted by Gasteiger charge is 2.20. The Kier molecular flexibility index (Phi) is 4.16. The van der Waals surface area contributed by atoms with Crippen molar-refractivity contribution in [3.05, 3.63) is 29.3 Å². The number of rotatable bonds is 3. The summed E-state index contributed by atoms with van der Waals surface area (Å²) in [6, 6.07) is 6.05. The molecule has 1 aromatic carbocycles. The summed E-state index contributed by atoms with van der Waals surface area (Å²) >= 11 is 5.00. The molecule has 1 aliphatic heterocycles. The summed E-state index contributed by atoms with van der Waals surface area (Å²) in [5.41, 5.74) is 8.76. The van der Waals surface area contributed by atoms with Gasteiger partial charge < -0.3 is 20.5 Å². The second-order valence-electron chi connectivity index (χ2n) is 4.48. The lowest BCUT2D eigenvalue weighted by Crippen LogP contribution is -2.44. The van der Waals surface area contributed by atoms with Gasteiger partial charge in [-0.2, -0.15) is 0 Å². The van der Waals surface area contributed by atoms with E-state index in [4.69, 9.17) is 27.8 Å². The minimum atomic E-state index is -0.102. The number of thiocarbonyl (C=S) groups is 1. The average Bonchev–Trinajstić information content (AvgIpc) is 2.38. The fourth-order valence-electron chi connectivity index (χ4n) is 2.19. The largest absolute Gasteiger partial charge is 0.394 e. The van der Waals surface area contributed by atoms with E-state index in [2.05, 4.69) is 11.0 Å². The molecule has 1 saturated heterocycles. The number of ether oxygens (including phenoxy) is 1. The molecule has 0 amide bonds. The number of anilines is 1. The number of morpholine rings is 1. The number of hydrogen-bond acceptors (Lipinski definition) is 4. The van der Waals surface area contributed by atoms with Crippen molar-refractivity contribution in [1.29, 1.82) is 0 Å². The maximum absolute atomic E-state index is 9.14. The van der Waals surface area contributed by atoms with Gasteiger partial charge in [-0.15, -0.1) is 0 Å². The molecule has 0 saturated carbocycles. The van der Waals surface area contributed by atoms with Gasteiger partial charge in [0.1, 0.15) is 4.99 Å². The van der Waals surface area contributed by atoms with Crippen LogP contribution in [0.25, 0.3) is 0 Å². The van der Waals surface area contributed by atoms with Crippen LogP contribution in [0.3, 0.4) is 0 Å². The topological polar surface area (TPSA) is 58.7 Å². The summed E-state index contributed by atoms with van der Waals surface area (Å²) in [4.78, 5) is 2.63. The van der Waals surface area contributed by atoms with Gasteiger partial charge in [-0.05, 0) is 30.7 Å². The Morgan fingerprint density at radius 2 is 2.39 bits per heavy atom. The summed E-state index contributed by atoms with van der Waals surface area (Å²) in [7, 11) is 0. The highest BCUT2D eigenvalue weighted by molar-refractivity contribution is 7.80. The van der Waals surface area contributed by atoms with Crippen LogP contribution < -0.4 is 10.6 Å². The van der Waals surface area contributed by atoms with E-state index in [1.165, 1.54) is 0 Å². The molecule has 0 bridgehead atoms. The first-order valence-electron chi connectivity index (χ1n) is 5.99. The Labute approximate surface area is 112 Å². The third kappa shape index (κ3) is 2.80. The number of aliphatic hydroxyl groups is 1. The Morgan fingerprint density at radius 1 is 1.61 bits per heavy atom. The average molecular weight is 266 g/mol. The molecule has 18 heavy (non-hydrogen) atoms. The van der Waals surface area contributed by atoms with Gasteiger partial charge in [-0.3, -0.25) is 0 Å². The third-order valence-corrected chi connectivity index (χ3v) is 3.40. The van der Waals surface area contributed by atoms with Crippen LogP contribution in [0.15, 0.2) is 18.2 Å². The number of aryl methyl sites for hydroxylation is 1. The van der Waals surface area contributed by atoms with Gasteiger partial charge in [-0.1, -0.05) is 12.2 Å². The van der Waals surface area contributed by atoms with E-state index in [0.717, 1.165) is 23.4 Å². The molecule has 2 rings (SSSR count). The van der Waals surface area contributed by atoms with Crippen molar-refractivity contribution in [2.45, 2.75) is 13.0 Å². The van der Waals surface area contributed by atoms with Gasteiger partial charge in [-0.25, -0.2) is 0 Å². The van der Waals surface area contributed by atoms with E-state index in [0.29, 0.717) is 18.1 Å². The SMILES string of the molecule is Cc1cc(N2CCOC(CO)C2)ccc1C(N)=S. The Morgan fingerprint density at radius 3 is 3.00 bits per heavy atom. The lowest BCUT2D eigenvalue weighted by molar-refractivity contribution is 0.00356. The number of nitrogens with zero attached hydrogens (tertiary/aromatic N) is 1. The van der Waals surface area contributed by atoms with Gasteiger partial charge in [0.25, 0.3) is 0 Å². The second-order valence-corrected chi connectivity index (χ2v) is 4.92. The van der Waals surface area contributed by atoms with Crippen molar-refractivity contribution in [1.82, 2.24) is 0 Å². The molecule has 1 heterocycles. The Bertz CT molecular complexity index is 451. The first-order valence-corrected chi connectivity index (χ1v) is 6.40. The zero-order chi connectivity index (χ0) is 13.1. The highest BCUT2D eigenvalue weighted by atomic mass is 32.1. The standard InChI is InChI=1S/C13H18N2O2S/c1-9-6-10(2-3-12(9)13(14)18)15-4-5-17-11(7-15)8-16/h2-3,6,11,16H,4-5,7-8H2,1H3,(H2,14,18). The maximum Gasteiger partial charge on any atom is 0.104 e. The molecule has 1 unspecified atom stereocenters. The summed E-state index contributed by atoms with van der Waals surface area (Å²) < 4.78 is 5.44. The number of aliphatic hydroxyl groups excluding tert-OH is 1. The van der Waals surface area contributed by atoms with Crippen LogP contribution in [-0.2, 0) is 4.74 Å². The van der Waals surface area contributed by atoms with Gasteiger partial charge in [0.05, 0.1) is 19.3 Å². The minimum absolute atomic E-state index is 0.0560. The molecule has 0 aromatic heterocycles. The van der Waals surface area contributed by atoms with Crippen molar-refractivity contribution in [2.24, 2.45) is 5.73 Å². The molecular weight excluding hydrogens is 248 g/mol. The zero-order valence-electron chi connectivity index (χ0n) is 10.4. The van der Waals surface area contributed by atoms with E-state index >= 15 is 0 Å². The molecule has 1 aromatic rings. The summed E-state index contributed by atoms with van der Waals surface area (Å²) in [6.45, 7) is 4.24. The van der Waals surface area contributed by atoms with E-state index in [9.17, 15) is 0 Å². The van der Waals surface area contributed by atoms with Crippen LogP contribution in [0.2, 0.25) is 0 Å². The van der Waals surface area contributed by atoms with E-state index in [1.54, 1.807) is 0 Å². The zero-order valence-corrected chi connectivity index (χ0v) is 11.2. The first kappa shape index (κ1) is 13.3. The smallest absolute Gasteiger partial charge is 0.104 e. The van der Waals surface area contributed by atoms with Crippen LogP contribution in [0.1, 0.15) is 11.1 Å². The van der Waals surface area contributed by atoms with Crippen molar-refractivity contribution < 1.29 is 9.84 Å². The van der Waals surface area contributed by atoms with Crippen LogP contribution >= 0.6 is 12.2 Å².